The van der Waals surface area contributed by atoms with Gasteiger partial charge in [-0.1, -0.05) is 66.7 Å². The fraction of sp³-hybridized carbons (Fsp3) is 0.308. The van der Waals surface area contributed by atoms with Crippen molar-refractivity contribution in [2.45, 2.75) is 39.2 Å². The van der Waals surface area contributed by atoms with Crippen molar-refractivity contribution >= 4 is 0 Å². The minimum atomic E-state index is 0.305. The van der Waals surface area contributed by atoms with Crippen molar-refractivity contribution < 1.29 is 14.2 Å². The molecule has 3 aromatic rings. The number of benzene rings is 3. The van der Waals surface area contributed by atoms with Gasteiger partial charge < -0.3 is 14.2 Å². The molecule has 0 atom stereocenters. The molecule has 0 aliphatic carbocycles. The maximum Gasteiger partial charge on any atom is 0.189 e. The molecular weight excluding hydrogens is 360 g/mol. The van der Waals surface area contributed by atoms with E-state index in [0.717, 1.165) is 37.2 Å². The van der Waals surface area contributed by atoms with Gasteiger partial charge in [0.2, 0.25) is 0 Å². The van der Waals surface area contributed by atoms with E-state index in [0.29, 0.717) is 20.0 Å². The van der Waals surface area contributed by atoms with Crippen LogP contribution in [0.15, 0.2) is 78.9 Å². The summed E-state index contributed by atoms with van der Waals surface area (Å²) in [6, 6.07) is 26.9. The smallest absolute Gasteiger partial charge is 0.189 e. The van der Waals surface area contributed by atoms with E-state index in [9.17, 15) is 0 Å². The standard InChI is InChI=1S/C26H30O3/c1-2-27-21-29-26-19-11-9-17-24(26)15-7-6-14-23-16-8-10-18-25(23)28-20-22-12-4-3-5-13-22/h3-5,8-13,16-19H,2,6-7,14-15,20-21H2,1H3. The molecule has 3 rings (SSSR count). The zero-order valence-electron chi connectivity index (χ0n) is 17.2. The van der Waals surface area contributed by atoms with E-state index in [1.54, 1.807) is 0 Å². The monoisotopic (exact) mass is 390 g/mol. The molecule has 0 aliphatic heterocycles. The molecule has 0 bridgehead atoms. The molecule has 0 aromatic heterocycles. The summed E-state index contributed by atoms with van der Waals surface area (Å²) in [6.45, 7) is 3.53. The third-order valence-corrected chi connectivity index (χ3v) is 4.83. The van der Waals surface area contributed by atoms with Gasteiger partial charge in [0, 0.05) is 6.61 Å². The Morgan fingerprint density at radius 2 is 1.17 bits per heavy atom. The van der Waals surface area contributed by atoms with E-state index >= 15 is 0 Å². The fourth-order valence-corrected chi connectivity index (χ4v) is 3.26. The molecule has 29 heavy (non-hydrogen) atoms. The lowest BCUT2D eigenvalue weighted by molar-refractivity contribution is 0.0218. The van der Waals surface area contributed by atoms with E-state index in [1.165, 1.54) is 16.7 Å². The highest BCUT2D eigenvalue weighted by Crippen LogP contribution is 2.24. The lowest BCUT2D eigenvalue weighted by atomic mass is 10.0. The first kappa shape index (κ1) is 20.9. The molecule has 0 unspecified atom stereocenters. The Bertz CT molecular complexity index is 845. The number of aryl methyl sites for hydroxylation is 2. The average Bonchev–Trinajstić information content (AvgIpc) is 2.78. The highest BCUT2D eigenvalue weighted by molar-refractivity contribution is 5.35. The van der Waals surface area contributed by atoms with Crippen LogP contribution < -0.4 is 9.47 Å². The van der Waals surface area contributed by atoms with Gasteiger partial charge >= 0.3 is 0 Å². The van der Waals surface area contributed by atoms with Crippen molar-refractivity contribution in [3.05, 3.63) is 95.6 Å². The summed E-state index contributed by atoms with van der Waals surface area (Å²) >= 11 is 0. The van der Waals surface area contributed by atoms with Gasteiger partial charge in [-0.2, -0.15) is 0 Å². The summed E-state index contributed by atoms with van der Waals surface area (Å²) in [5.74, 6) is 1.91. The number of para-hydroxylation sites is 2. The molecule has 0 spiro atoms. The number of rotatable bonds is 12. The van der Waals surface area contributed by atoms with E-state index in [2.05, 4.69) is 42.5 Å². The van der Waals surface area contributed by atoms with Gasteiger partial charge in [0.1, 0.15) is 18.1 Å². The molecule has 0 N–H and O–H groups in total. The molecular formula is C26H30O3. The van der Waals surface area contributed by atoms with E-state index in [1.807, 2.05) is 43.3 Å². The summed E-state index contributed by atoms with van der Waals surface area (Å²) in [7, 11) is 0. The zero-order valence-corrected chi connectivity index (χ0v) is 17.2. The second kappa shape index (κ2) is 11.9. The van der Waals surface area contributed by atoms with Crippen LogP contribution >= 0.6 is 0 Å². The van der Waals surface area contributed by atoms with Crippen molar-refractivity contribution in [3.8, 4) is 11.5 Å². The first-order valence-electron chi connectivity index (χ1n) is 10.4. The molecule has 0 heterocycles. The maximum atomic E-state index is 6.08. The first-order chi connectivity index (χ1) is 14.4. The van der Waals surface area contributed by atoms with Gasteiger partial charge in [-0.3, -0.25) is 0 Å². The van der Waals surface area contributed by atoms with Gasteiger partial charge in [-0.15, -0.1) is 0 Å². The Balaban J connectivity index is 1.49. The van der Waals surface area contributed by atoms with Crippen molar-refractivity contribution in [2.24, 2.45) is 0 Å². The maximum absolute atomic E-state index is 6.08. The number of unbranched alkanes of at least 4 members (excludes halogenated alkanes) is 1. The fourth-order valence-electron chi connectivity index (χ4n) is 3.26. The summed E-state index contributed by atoms with van der Waals surface area (Å²) in [5, 5.41) is 0. The van der Waals surface area contributed by atoms with E-state index in [4.69, 9.17) is 14.2 Å². The lowest BCUT2D eigenvalue weighted by Crippen LogP contribution is -2.04. The Morgan fingerprint density at radius 1 is 0.621 bits per heavy atom. The van der Waals surface area contributed by atoms with Crippen LogP contribution in [0, 0.1) is 0 Å². The van der Waals surface area contributed by atoms with E-state index in [-0.39, 0.29) is 0 Å². The minimum absolute atomic E-state index is 0.305. The van der Waals surface area contributed by atoms with Crippen LogP contribution in [0.4, 0.5) is 0 Å². The summed E-state index contributed by atoms with van der Waals surface area (Å²) in [4.78, 5) is 0. The molecule has 0 amide bonds. The van der Waals surface area contributed by atoms with Crippen LogP contribution in [0.5, 0.6) is 11.5 Å². The van der Waals surface area contributed by atoms with Crippen LogP contribution in [0.2, 0.25) is 0 Å². The molecule has 3 heteroatoms. The summed E-state index contributed by atoms with van der Waals surface area (Å²) in [5.41, 5.74) is 3.69. The lowest BCUT2D eigenvalue weighted by Gasteiger charge is -2.13. The SMILES string of the molecule is CCOCOc1ccccc1CCCCc1ccccc1OCc1ccccc1. The molecule has 0 fully saturated rings. The van der Waals surface area contributed by atoms with Gasteiger partial charge in [0.15, 0.2) is 6.79 Å². The van der Waals surface area contributed by atoms with Crippen molar-refractivity contribution in [1.29, 1.82) is 0 Å². The van der Waals surface area contributed by atoms with Crippen LogP contribution in [0.3, 0.4) is 0 Å². The second-order valence-corrected chi connectivity index (χ2v) is 6.95. The zero-order chi connectivity index (χ0) is 20.2. The van der Waals surface area contributed by atoms with Gasteiger partial charge in [0.05, 0.1) is 0 Å². The summed E-state index contributed by atoms with van der Waals surface area (Å²) < 4.78 is 17.1. The first-order valence-corrected chi connectivity index (χ1v) is 10.4. The highest BCUT2D eigenvalue weighted by Gasteiger charge is 2.06. The van der Waals surface area contributed by atoms with Crippen molar-refractivity contribution in [3.63, 3.8) is 0 Å². The number of hydrogen-bond donors (Lipinski definition) is 0. The van der Waals surface area contributed by atoms with Crippen molar-refractivity contribution in [2.75, 3.05) is 13.4 Å². The predicted octanol–water partition coefficient (Wildman–Crippen LogP) is 6.20. The Morgan fingerprint density at radius 3 is 1.79 bits per heavy atom. The minimum Gasteiger partial charge on any atom is -0.489 e. The predicted molar refractivity (Wildman–Crippen MR) is 117 cm³/mol. The molecule has 3 nitrogen and oxygen atoms in total. The number of ether oxygens (including phenoxy) is 3. The molecule has 0 saturated carbocycles. The van der Waals surface area contributed by atoms with Crippen LogP contribution in [0.1, 0.15) is 36.5 Å². The quantitative estimate of drug-likeness (QED) is 0.272. The topological polar surface area (TPSA) is 27.7 Å². The van der Waals surface area contributed by atoms with Gasteiger partial charge in [0.25, 0.3) is 0 Å². The molecule has 0 radical (unpaired) electrons. The van der Waals surface area contributed by atoms with E-state index < -0.39 is 0 Å². The van der Waals surface area contributed by atoms with Gasteiger partial charge in [-0.05, 0) is 61.4 Å². The third kappa shape index (κ3) is 6.95. The van der Waals surface area contributed by atoms with Crippen molar-refractivity contribution in [1.82, 2.24) is 0 Å². The Kier molecular flexibility index (Phi) is 8.61. The third-order valence-electron chi connectivity index (χ3n) is 4.83. The summed E-state index contributed by atoms with van der Waals surface area (Å²) in [6.07, 6.45) is 4.20. The second-order valence-electron chi connectivity index (χ2n) is 6.95. The molecule has 0 aliphatic rings. The van der Waals surface area contributed by atoms with Gasteiger partial charge in [-0.25, -0.2) is 0 Å². The molecule has 152 valence electrons. The largest absolute Gasteiger partial charge is 0.489 e. The number of hydrogen-bond acceptors (Lipinski definition) is 3. The van der Waals surface area contributed by atoms with Crippen LogP contribution in [0.25, 0.3) is 0 Å². The Labute approximate surface area is 174 Å². The average molecular weight is 391 g/mol. The molecule has 0 saturated heterocycles. The van der Waals surface area contributed by atoms with Crippen LogP contribution in [-0.2, 0) is 24.2 Å². The Hall–Kier alpha value is -2.78. The normalized spacial score (nSPS) is 10.7. The van der Waals surface area contributed by atoms with Crippen LogP contribution in [-0.4, -0.2) is 13.4 Å². The highest BCUT2D eigenvalue weighted by atomic mass is 16.7. The molecule has 3 aromatic carbocycles.